The number of benzene rings is 1. The van der Waals surface area contributed by atoms with Crippen LogP contribution in [0.4, 0.5) is 4.39 Å². The van der Waals surface area contributed by atoms with Crippen molar-refractivity contribution in [3.63, 3.8) is 0 Å². The molecule has 0 fully saturated rings. The number of carbonyl (C=O) groups is 2. The van der Waals surface area contributed by atoms with E-state index in [0.29, 0.717) is 15.8 Å². The number of nitrogens with two attached hydrogens (primary N) is 1. The fourth-order valence-electron chi connectivity index (χ4n) is 2.41. The maximum absolute atomic E-state index is 13.0. The highest BCUT2D eigenvalue weighted by Crippen LogP contribution is 2.32. The number of primary amides is 1. The lowest BCUT2D eigenvalue weighted by Crippen LogP contribution is -2.37. The van der Waals surface area contributed by atoms with Gasteiger partial charge in [-0.2, -0.15) is 0 Å². The fraction of sp³-hybridized carbons (Fsp3) is 0.167. The average molecular weight is 424 g/mol. The predicted octanol–water partition coefficient (Wildman–Crippen LogP) is 3.74. The zero-order valence-electron chi connectivity index (χ0n) is 13.9. The van der Waals surface area contributed by atoms with Gasteiger partial charge in [-0.25, -0.2) is 9.37 Å². The molecule has 5 nitrogen and oxygen atoms in total. The molecule has 0 saturated carbocycles. The maximum Gasteiger partial charge on any atom is 0.270 e. The Labute approximate surface area is 168 Å². The number of hydrogen-bond acceptors (Lipinski definition) is 5. The first kappa shape index (κ1) is 19.5. The first-order valence-corrected chi connectivity index (χ1v) is 10.0. The average Bonchev–Trinajstić information content (AvgIpc) is 3.28. The minimum absolute atomic E-state index is 0.0727. The zero-order valence-corrected chi connectivity index (χ0v) is 16.3. The summed E-state index contributed by atoms with van der Waals surface area (Å²) in [6.45, 7) is 0.0727. The van der Waals surface area contributed by atoms with E-state index in [4.69, 9.17) is 17.3 Å². The van der Waals surface area contributed by atoms with Crippen molar-refractivity contribution in [2.45, 2.75) is 6.42 Å². The molecular formula is C18H15ClFN3O2S2. The largest absolute Gasteiger partial charge is 0.369 e. The minimum atomic E-state index is -0.603. The second-order valence-corrected chi connectivity index (χ2v) is 8.35. The van der Waals surface area contributed by atoms with Gasteiger partial charge in [0.25, 0.3) is 5.91 Å². The number of thiophene rings is 1. The highest BCUT2D eigenvalue weighted by atomic mass is 35.5. The Kier molecular flexibility index (Phi) is 6.20. The number of amides is 2. The third kappa shape index (κ3) is 5.12. The van der Waals surface area contributed by atoms with E-state index >= 15 is 0 Å². The van der Waals surface area contributed by atoms with Gasteiger partial charge in [-0.05, 0) is 36.2 Å². The number of nitrogens with zero attached hydrogens (tertiary/aromatic N) is 1. The highest BCUT2D eigenvalue weighted by molar-refractivity contribution is 7.23. The molecule has 9 heteroatoms. The zero-order chi connectivity index (χ0) is 19.4. The van der Waals surface area contributed by atoms with Crippen LogP contribution in [0.2, 0.25) is 4.34 Å². The summed E-state index contributed by atoms with van der Waals surface area (Å²) in [6, 6.07) is 9.44. The molecule has 140 valence electrons. The number of thiazole rings is 1. The van der Waals surface area contributed by atoms with Gasteiger partial charge in [0.2, 0.25) is 5.91 Å². The van der Waals surface area contributed by atoms with Gasteiger partial charge in [0.05, 0.1) is 15.1 Å². The highest BCUT2D eigenvalue weighted by Gasteiger charge is 2.19. The number of aromatic nitrogens is 1. The SMILES string of the molecule is NC(=O)C(CNC(=O)c1csc(-c2ccc(Cl)s2)n1)Cc1ccc(F)cc1. The summed E-state index contributed by atoms with van der Waals surface area (Å²) in [5, 5.41) is 5.04. The number of halogens is 2. The van der Waals surface area contributed by atoms with E-state index < -0.39 is 11.8 Å². The Morgan fingerprint density at radius 1 is 1.22 bits per heavy atom. The molecule has 2 heterocycles. The van der Waals surface area contributed by atoms with E-state index in [-0.39, 0.29) is 24.0 Å². The molecule has 0 bridgehead atoms. The van der Waals surface area contributed by atoms with E-state index in [9.17, 15) is 14.0 Å². The Bertz CT molecular complexity index is 956. The van der Waals surface area contributed by atoms with Gasteiger partial charge in [0, 0.05) is 11.9 Å². The van der Waals surface area contributed by atoms with Crippen LogP contribution in [0.15, 0.2) is 41.8 Å². The van der Waals surface area contributed by atoms with Gasteiger partial charge in [-0.1, -0.05) is 23.7 Å². The van der Waals surface area contributed by atoms with Gasteiger partial charge in [0.15, 0.2) is 0 Å². The Morgan fingerprint density at radius 2 is 1.96 bits per heavy atom. The molecule has 0 aliphatic rings. The van der Waals surface area contributed by atoms with Crippen LogP contribution in [-0.2, 0) is 11.2 Å². The molecule has 1 atom stereocenters. The molecule has 1 aromatic carbocycles. The van der Waals surface area contributed by atoms with Crippen molar-refractivity contribution >= 4 is 46.1 Å². The molecular weight excluding hydrogens is 409 g/mol. The number of rotatable bonds is 7. The fourth-order valence-corrected chi connectivity index (χ4v) is 4.32. The summed E-state index contributed by atoms with van der Waals surface area (Å²) in [7, 11) is 0. The summed E-state index contributed by atoms with van der Waals surface area (Å²) in [6.07, 6.45) is 0.311. The smallest absolute Gasteiger partial charge is 0.270 e. The van der Waals surface area contributed by atoms with Crippen LogP contribution in [0, 0.1) is 11.7 Å². The maximum atomic E-state index is 13.0. The molecule has 3 N–H and O–H groups in total. The van der Waals surface area contributed by atoms with Gasteiger partial charge in [0.1, 0.15) is 16.5 Å². The van der Waals surface area contributed by atoms with Crippen molar-refractivity contribution in [3.05, 3.63) is 63.2 Å². The van der Waals surface area contributed by atoms with Crippen LogP contribution in [0.3, 0.4) is 0 Å². The summed E-state index contributed by atoms with van der Waals surface area (Å²) in [4.78, 5) is 29.2. The second kappa shape index (κ2) is 8.60. The Hall–Kier alpha value is -2.29. The molecule has 3 rings (SSSR count). The van der Waals surface area contributed by atoms with E-state index in [1.165, 1.54) is 34.8 Å². The molecule has 0 spiro atoms. The summed E-state index contributed by atoms with van der Waals surface area (Å²) in [5.74, 6) is -1.88. The van der Waals surface area contributed by atoms with Crippen molar-refractivity contribution in [3.8, 4) is 9.88 Å². The Balaban J connectivity index is 1.61. The van der Waals surface area contributed by atoms with E-state index in [0.717, 1.165) is 10.4 Å². The monoisotopic (exact) mass is 423 g/mol. The van der Waals surface area contributed by atoms with Crippen molar-refractivity contribution < 1.29 is 14.0 Å². The summed E-state index contributed by atoms with van der Waals surface area (Å²) >= 11 is 8.65. The van der Waals surface area contributed by atoms with Crippen LogP contribution < -0.4 is 11.1 Å². The normalized spacial score (nSPS) is 11.9. The van der Waals surface area contributed by atoms with Crippen molar-refractivity contribution in [1.82, 2.24) is 10.3 Å². The summed E-state index contributed by atoms with van der Waals surface area (Å²) < 4.78 is 13.6. The molecule has 27 heavy (non-hydrogen) atoms. The van der Waals surface area contributed by atoms with Crippen molar-refractivity contribution in [2.75, 3.05) is 6.54 Å². The molecule has 0 aliphatic heterocycles. The Morgan fingerprint density at radius 3 is 2.59 bits per heavy atom. The topological polar surface area (TPSA) is 85.1 Å². The van der Waals surface area contributed by atoms with E-state index in [2.05, 4.69) is 10.3 Å². The lowest BCUT2D eigenvalue weighted by molar-refractivity contribution is -0.121. The van der Waals surface area contributed by atoms with Crippen molar-refractivity contribution in [1.29, 1.82) is 0 Å². The van der Waals surface area contributed by atoms with Crippen LogP contribution >= 0.6 is 34.3 Å². The molecule has 0 saturated heterocycles. The second-order valence-electron chi connectivity index (χ2n) is 5.78. The molecule has 2 amide bonds. The van der Waals surface area contributed by atoms with Gasteiger partial charge in [-0.15, -0.1) is 22.7 Å². The quantitative estimate of drug-likeness (QED) is 0.607. The minimum Gasteiger partial charge on any atom is -0.369 e. The van der Waals surface area contributed by atoms with Crippen molar-refractivity contribution in [2.24, 2.45) is 11.7 Å². The molecule has 1 unspecified atom stereocenters. The molecule has 2 aromatic heterocycles. The number of carbonyl (C=O) groups excluding carboxylic acids is 2. The predicted molar refractivity (Wildman–Crippen MR) is 106 cm³/mol. The number of hydrogen-bond donors (Lipinski definition) is 2. The first-order valence-electron chi connectivity index (χ1n) is 7.95. The van der Waals surface area contributed by atoms with Crippen LogP contribution in [0.25, 0.3) is 9.88 Å². The lowest BCUT2D eigenvalue weighted by atomic mass is 9.98. The van der Waals surface area contributed by atoms with Crippen LogP contribution in [-0.4, -0.2) is 23.3 Å². The standard InChI is InChI=1S/C18H15ClFN3O2S2/c19-15-6-5-14(27-15)18-23-13(9-26-18)17(25)22-8-11(16(21)24)7-10-1-3-12(20)4-2-10/h1-6,9,11H,7-8H2,(H2,21,24)(H,22,25). The molecule has 0 radical (unpaired) electrons. The van der Waals surface area contributed by atoms with Crippen LogP contribution in [0.1, 0.15) is 16.1 Å². The lowest BCUT2D eigenvalue weighted by Gasteiger charge is -2.14. The summed E-state index contributed by atoms with van der Waals surface area (Å²) in [5.41, 5.74) is 6.46. The van der Waals surface area contributed by atoms with Gasteiger partial charge < -0.3 is 11.1 Å². The molecule has 3 aromatic rings. The van der Waals surface area contributed by atoms with Crippen LogP contribution in [0.5, 0.6) is 0 Å². The van der Waals surface area contributed by atoms with E-state index in [1.807, 2.05) is 6.07 Å². The number of nitrogens with one attached hydrogen (secondary N) is 1. The third-order valence-electron chi connectivity index (χ3n) is 3.83. The van der Waals surface area contributed by atoms with Gasteiger partial charge >= 0.3 is 0 Å². The van der Waals surface area contributed by atoms with E-state index in [1.54, 1.807) is 23.6 Å². The van der Waals surface area contributed by atoms with Gasteiger partial charge in [-0.3, -0.25) is 9.59 Å². The third-order valence-corrected chi connectivity index (χ3v) is 6.07. The first-order chi connectivity index (χ1) is 12.9. The molecule has 0 aliphatic carbocycles.